The van der Waals surface area contributed by atoms with Gasteiger partial charge in [-0.15, -0.1) is 0 Å². The van der Waals surface area contributed by atoms with Gasteiger partial charge in [-0.2, -0.15) is 9.78 Å². The highest BCUT2D eigenvalue weighted by Crippen LogP contribution is 2.50. The van der Waals surface area contributed by atoms with Crippen LogP contribution in [0.2, 0.25) is 0 Å². The second-order valence-corrected chi connectivity index (χ2v) is 15.1. The standard InChI is InChI=1S/C28H40N6O9S/c1-25(2,3)41-23(36)33-44(38,39)14-11-17-9-12-28(21(17)40-27(7,8)43-28)31-22-18(15-29-16-30-22)20(35)19-10-13-34(32-19)24(37)42-26(4,5)6/h10,13,15-17,21H,9,11-12,14H2,1-8H3,(H,33,36)(H,29,30,31)/t17-,21-,28+/m1/s1. The first kappa shape index (κ1) is 33.3. The van der Waals surface area contributed by atoms with E-state index in [1.807, 2.05) is 4.72 Å². The van der Waals surface area contributed by atoms with E-state index >= 15 is 0 Å². The van der Waals surface area contributed by atoms with Crippen LogP contribution in [0.25, 0.3) is 0 Å². The van der Waals surface area contributed by atoms with E-state index in [0.717, 1.165) is 4.68 Å². The third-order valence-electron chi connectivity index (χ3n) is 6.70. The first-order valence-electron chi connectivity index (χ1n) is 14.2. The van der Waals surface area contributed by atoms with Crippen molar-refractivity contribution in [2.45, 2.75) is 103 Å². The zero-order valence-electron chi connectivity index (χ0n) is 26.2. The Morgan fingerprint density at radius 1 is 1.11 bits per heavy atom. The summed E-state index contributed by atoms with van der Waals surface area (Å²) in [5.41, 5.74) is -2.69. The van der Waals surface area contributed by atoms with Crippen molar-refractivity contribution in [3.05, 3.63) is 36.0 Å². The minimum atomic E-state index is -3.99. The monoisotopic (exact) mass is 636 g/mol. The molecule has 2 aromatic rings. The van der Waals surface area contributed by atoms with Crippen LogP contribution in [0.5, 0.6) is 0 Å². The van der Waals surface area contributed by atoms with Crippen molar-refractivity contribution in [2.24, 2.45) is 5.92 Å². The van der Waals surface area contributed by atoms with Gasteiger partial charge in [0.25, 0.3) is 0 Å². The summed E-state index contributed by atoms with van der Waals surface area (Å²) in [6.07, 6.45) is 2.65. The lowest BCUT2D eigenvalue weighted by atomic mass is 10.00. The van der Waals surface area contributed by atoms with Gasteiger partial charge in [0.1, 0.15) is 35.1 Å². The van der Waals surface area contributed by atoms with Crippen LogP contribution in [0, 0.1) is 5.92 Å². The molecule has 2 N–H and O–H groups in total. The fourth-order valence-corrected chi connectivity index (χ4v) is 6.18. The van der Waals surface area contributed by atoms with E-state index in [9.17, 15) is 22.8 Å². The molecule has 242 valence electrons. The summed E-state index contributed by atoms with van der Waals surface area (Å²) >= 11 is 0. The number of aromatic nitrogens is 4. The number of rotatable bonds is 8. The minimum absolute atomic E-state index is 0.0290. The average molecular weight is 637 g/mol. The number of hydrogen-bond donors (Lipinski definition) is 2. The van der Waals surface area contributed by atoms with E-state index < -0.39 is 56.8 Å². The van der Waals surface area contributed by atoms with E-state index in [1.54, 1.807) is 55.4 Å². The number of ketones is 1. The van der Waals surface area contributed by atoms with E-state index in [2.05, 4.69) is 20.4 Å². The number of carbonyl (C=O) groups is 3. The molecule has 1 aliphatic carbocycles. The zero-order valence-corrected chi connectivity index (χ0v) is 27.0. The number of nitrogens with one attached hydrogen (secondary N) is 2. The van der Waals surface area contributed by atoms with Gasteiger partial charge in [0.05, 0.1) is 11.3 Å². The number of fused-ring (bicyclic) bond motifs is 1. The van der Waals surface area contributed by atoms with Crippen LogP contribution >= 0.6 is 0 Å². The Labute approximate surface area is 256 Å². The molecule has 1 saturated carbocycles. The Morgan fingerprint density at radius 3 is 2.45 bits per heavy atom. The molecule has 2 aliphatic rings. The highest BCUT2D eigenvalue weighted by molar-refractivity contribution is 7.90. The van der Waals surface area contributed by atoms with Gasteiger partial charge < -0.3 is 24.3 Å². The molecule has 0 unspecified atom stereocenters. The highest BCUT2D eigenvalue weighted by Gasteiger charge is 2.60. The smallest absolute Gasteiger partial charge is 0.435 e. The maximum Gasteiger partial charge on any atom is 0.435 e. The van der Waals surface area contributed by atoms with Crippen molar-refractivity contribution in [1.82, 2.24) is 24.5 Å². The van der Waals surface area contributed by atoms with Crippen LogP contribution in [0.3, 0.4) is 0 Å². The number of ether oxygens (including phenoxy) is 4. The summed E-state index contributed by atoms with van der Waals surface area (Å²) in [7, 11) is -3.99. The summed E-state index contributed by atoms with van der Waals surface area (Å²) < 4.78 is 51.1. The van der Waals surface area contributed by atoms with Gasteiger partial charge in [0, 0.05) is 12.4 Å². The lowest BCUT2D eigenvalue weighted by Gasteiger charge is -2.31. The van der Waals surface area contributed by atoms with E-state index in [-0.39, 0.29) is 35.2 Å². The molecule has 2 fully saturated rings. The third-order valence-corrected chi connectivity index (χ3v) is 7.95. The van der Waals surface area contributed by atoms with Gasteiger partial charge in [-0.25, -0.2) is 32.7 Å². The Kier molecular flexibility index (Phi) is 8.85. The fraction of sp³-hybridized carbons (Fsp3) is 0.643. The summed E-state index contributed by atoms with van der Waals surface area (Å²) in [6.45, 7) is 13.5. The molecule has 44 heavy (non-hydrogen) atoms. The number of carbonyl (C=O) groups excluding carboxylic acids is 3. The van der Waals surface area contributed by atoms with Crippen molar-refractivity contribution in [3.63, 3.8) is 0 Å². The van der Waals surface area contributed by atoms with Crippen LogP contribution in [-0.2, 0) is 29.0 Å². The van der Waals surface area contributed by atoms with Crippen molar-refractivity contribution in [3.8, 4) is 0 Å². The van der Waals surface area contributed by atoms with Crippen LogP contribution in [-0.4, -0.2) is 80.7 Å². The first-order valence-corrected chi connectivity index (χ1v) is 15.9. The summed E-state index contributed by atoms with van der Waals surface area (Å²) in [6, 6.07) is 1.39. The van der Waals surface area contributed by atoms with E-state index in [0.29, 0.717) is 12.8 Å². The SMILES string of the molecule is CC(C)(C)OC(=O)NS(=O)(=O)CC[C@H]1CC[C@]2(Nc3ncncc3C(=O)c3ccn(C(=O)OC(C)(C)C)n3)OC(C)(C)O[C@H]12. The number of nitrogens with zero attached hydrogens (tertiary/aromatic N) is 4. The maximum absolute atomic E-state index is 13.5. The molecule has 0 spiro atoms. The normalized spacial score (nSPS) is 23.1. The minimum Gasteiger partial charge on any atom is -0.443 e. The molecule has 0 aromatic carbocycles. The van der Waals surface area contributed by atoms with Crippen molar-refractivity contribution < 1.29 is 41.7 Å². The van der Waals surface area contributed by atoms with Gasteiger partial charge in [0.15, 0.2) is 11.5 Å². The van der Waals surface area contributed by atoms with Gasteiger partial charge >= 0.3 is 12.2 Å². The van der Waals surface area contributed by atoms with Gasteiger partial charge in [0.2, 0.25) is 15.8 Å². The second-order valence-electron chi connectivity index (χ2n) is 13.3. The molecule has 15 nitrogen and oxygen atoms in total. The molecule has 1 aliphatic heterocycles. The molecule has 3 heterocycles. The lowest BCUT2D eigenvalue weighted by molar-refractivity contribution is -0.167. The largest absolute Gasteiger partial charge is 0.443 e. The molecular formula is C28H40N6O9S. The topological polar surface area (TPSA) is 190 Å². The molecule has 3 atom stereocenters. The Balaban J connectivity index is 1.51. The van der Waals surface area contributed by atoms with Crippen molar-refractivity contribution in [1.29, 1.82) is 0 Å². The van der Waals surface area contributed by atoms with Gasteiger partial charge in [-0.1, -0.05) is 0 Å². The third kappa shape index (κ3) is 8.09. The predicted octanol–water partition coefficient (Wildman–Crippen LogP) is 3.60. The van der Waals surface area contributed by atoms with Gasteiger partial charge in [-0.3, -0.25) is 4.79 Å². The van der Waals surface area contributed by atoms with Crippen LogP contribution in [0.1, 0.15) is 90.7 Å². The van der Waals surface area contributed by atoms with Crippen LogP contribution in [0.15, 0.2) is 24.8 Å². The summed E-state index contributed by atoms with van der Waals surface area (Å²) in [4.78, 5) is 46.2. The molecular weight excluding hydrogens is 596 g/mol. The molecule has 4 rings (SSSR count). The zero-order chi connectivity index (χ0) is 32.7. The Morgan fingerprint density at radius 2 is 1.80 bits per heavy atom. The van der Waals surface area contributed by atoms with Crippen LogP contribution < -0.4 is 10.0 Å². The Hall–Kier alpha value is -3.63. The molecule has 0 bridgehead atoms. The molecule has 2 aromatic heterocycles. The molecule has 1 saturated heterocycles. The van der Waals surface area contributed by atoms with E-state index in [1.165, 1.54) is 24.8 Å². The number of anilines is 1. The summed E-state index contributed by atoms with van der Waals surface area (Å²) in [5.74, 6) is -2.04. The molecule has 0 radical (unpaired) electrons. The number of amides is 1. The molecule has 1 amide bonds. The highest BCUT2D eigenvalue weighted by atomic mass is 32.2. The fourth-order valence-electron chi connectivity index (χ4n) is 5.17. The van der Waals surface area contributed by atoms with Crippen molar-refractivity contribution >= 4 is 33.8 Å². The summed E-state index contributed by atoms with van der Waals surface area (Å²) in [5, 5.41) is 7.34. The van der Waals surface area contributed by atoms with E-state index in [4.69, 9.17) is 18.9 Å². The number of hydrogen-bond acceptors (Lipinski definition) is 13. The molecule has 16 heteroatoms. The second kappa shape index (κ2) is 11.7. The average Bonchev–Trinajstić information content (AvgIpc) is 3.52. The van der Waals surface area contributed by atoms with Crippen LogP contribution in [0.4, 0.5) is 15.4 Å². The van der Waals surface area contributed by atoms with Gasteiger partial charge in [-0.05, 0) is 86.6 Å². The Bertz CT molecular complexity index is 1530. The quantitative estimate of drug-likeness (QED) is 0.400. The number of sulfonamides is 1. The first-order chi connectivity index (χ1) is 20.2. The maximum atomic E-state index is 13.5. The van der Waals surface area contributed by atoms with Crippen molar-refractivity contribution in [2.75, 3.05) is 11.1 Å². The lowest BCUT2D eigenvalue weighted by Crippen LogP contribution is -2.46. The predicted molar refractivity (Wildman–Crippen MR) is 156 cm³/mol.